The fourth-order valence-corrected chi connectivity index (χ4v) is 1.88. The van der Waals surface area contributed by atoms with Crippen LogP contribution in [0.25, 0.3) is 0 Å². The van der Waals surface area contributed by atoms with E-state index in [9.17, 15) is 19.8 Å². The SMILES string of the molecule is Cc1cccc(C(=O)OC(C(=O)O)c2ccccc2)c1O. The first-order valence-corrected chi connectivity index (χ1v) is 6.28. The largest absolute Gasteiger partial charge is 0.507 e. The van der Waals surface area contributed by atoms with Crippen molar-refractivity contribution in [3.63, 3.8) is 0 Å². The van der Waals surface area contributed by atoms with Crippen LogP contribution in [-0.2, 0) is 9.53 Å². The van der Waals surface area contributed by atoms with E-state index in [4.69, 9.17) is 4.74 Å². The second-order valence-corrected chi connectivity index (χ2v) is 4.51. The van der Waals surface area contributed by atoms with Crippen molar-refractivity contribution in [3.05, 3.63) is 65.2 Å². The van der Waals surface area contributed by atoms with Crippen LogP contribution in [0.2, 0.25) is 0 Å². The van der Waals surface area contributed by atoms with Crippen molar-refractivity contribution in [2.45, 2.75) is 13.0 Å². The molecule has 0 saturated heterocycles. The van der Waals surface area contributed by atoms with Crippen LogP contribution in [0.15, 0.2) is 48.5 Å². The molecule has 0 bridgehead atoms. The van der Waals surface area contributed by atoms with Crippen molar-refractivity contribution in [3.8, 4) is 5.75 Å². The standard InChI is InChI=1S/C16H14O5/c1-10-6-5-9-12(13(10)17)16(20)21-14(15(18)19)11-7-3-2-4-8-11/h2-9,14,17H,1H3,(H,18,19). The molecule has 0 aromatic heterocycles. The summed E-state index contributed by atoms with van der Waals surface area (Å²) in [7, 11) is 0. The molecule has 2 N–H and O–H groups in total. The number of carboxylic acid groups (broad SMARTS) is 1. The number of aliphatic carboxylic acids is 1. The minimum absolute atomic E-state index is 0.0582. The van der Waals surface area contributed by atoms with Gasteiger partial charge in [-0.15, -0.1) is 0 Å². The van der Waals surface area contributed by atoms with Gasteiger partial charge >= 0.3 is 11.9 Å². The lowest BCUT2D eigenvalue weighted by molar-refractivity contribution is -0.147. The van der Waals surface area contributed by atoms with Crippen molar-refractivity contribution < 1.29 is 24.5 Å². The number of esters is 1. The maximum atomic E-state index is 12.1. The van der Waals surface area contributed by atoms with Gasteiger partial charge in [-0.3, -0.25) is 0 Å². The molecule has 1 atom stereocenters. The number of hydrogen-bond acceptors (Lipinski definition) is 4. The van der Waals surface area contributed by atoms with Crippen LogP contribution >= 0.6 is 0 Å². The Labute approximate surface area is 121 Å². The average Bonchev–Trinajstić information content (AvgIpc) is 2.48. The molecular formula is C16H14O5. The minimum Gasteiger partial charge on any atom is -0.507 e. The summed E-state index contributed by atoms with van der Waals surface area (Å²) in [4.78, 5) is 23.3. The Morgan fingerprint density at radius 1 is 1.05 bits per heavy atom. The first kappa shape index (κ1) is 14.6. The zero-order chi connectivity index (χ0) is 15.4. The van der Waals surface area contributed by atoms with E-state index in [0.717, 1.165) is 0 Å². The molecule has 0 amide bonds. The van der Waals surface area contributed by atoms with Crippen molar-refractivity contribution in [2.75, 3.05) is 0 Å². The van der Waals surface area contributed by atoms with Gasteiger partial charge in [0.1, 0.15) is 11.3 Å². The number of carboxylic acids is 1. The minimum atomic E-state index is -1.42. The number of aromatic hydroxyl groups is 1. The fraction of sp³-hybridized carbons (Fsp3) is 0.125. The lowest BCUT2D eigenvalue weighted by Gasteiger charge is -2.15. The summed E-state index contributed by atoms with van der Waals surface area (Å²) in [5.74, 6) is -2.37. The van der Waals surface area contributed by atoms with Gasteiger partial charge in [-0.1, -0.05) is 42.5 Å². The number of benzene rings is 2. The average molecular weight is 286 g/mol. The molecule has 108 valence electrons. The van der Waals surface area contributed by atoms with Crippen LogP contribution in [-0.4, -0.2) is 22.2 Å². The number of hydrogen-bond donors (Lipinski definition) is 2. The Bertz CT molecular complexity index is 664. The maximum Gasteiger partial charge on any atom is 0.349 e. The van der Waals surface area contributed by atoms with Crippen LogP contribution in [0.4, 0.5) is 0 Å². The van der Waals surface area contributed by atoms with Crippen molar-refractivity contribution in [2.24, 2.45) is 0 Å². The molecule has 5 nitrogen and oxygen atoms in total. The smallest absolute Gasteiger partial charge is 0.349 e. The van der Waals surface area contributed by atoms with Crippen LogP contribution in [0.1, 0.15) is 27.6 Å². The molecule has 2 rings (SSSR count). The summed E-state index contributed by atoms with van der Waals surface area (Å²) >= 11 is 0. The zero-order valence-electron chi connectivity index (χ0n) is 11.3. The molecule has 2 aromatic rings. The zero-order valence-corrected chi connectivity index (χ0v) is 11.3. The summed E-state index contributed by atoms with van der Waals surface area (Å²) < 4.78 is 5.02. The highest BCUT2D eigenvalue weighted by molar-refractivity contribution is 5.94. The third-order valence-corrected chi connectivity index (χ3v) is 3.01. The van der Waals surface area contributed by atoms with Gasteiger partial charge in [-0.2, -0.15) is 0 Å². The highest BCUT2D eigenvalue weighted by atomic mass is 16.6. The number of carbonyl (C=O) groups excluding carboxylic acids is 1. The highest BCUT2D eigenvalue weighted by Crippen LogP contribution is 2.25. The molecule has 0 aliphatic heterocycles. The number of para-hydroxylation sites is 1. The third kappa shape index (κ3) is 3.20. The van der Waals surface area contributed by atoms with Crippen LogP contribution < -0.4 is 0 Å². The molecule has 2 aromatic carbocycles. The van der Waals surface area contributed by atoms with Crippen molar-refractivity contribution in [1.29, 1.82) is 0 Å². The molecule has 21 heavy (non-hydrogen) atoms. The van der Waals surface area contributed by atoms with Gasteiger partial charge in [0, 0.05) is 5.56 Å². The molecule has 0 aliphatic carbocycles. The molecule has 0 saturated carbocycles. The Hall–Kier alpha value is -2.82. The number of ether oxygens (including phenoxy) is 1. The first-order chi connectivity index (χ1) is 10.0. The first-order valence-electron chi connectivity index (χ1n) is 6.28. The predicted molar refractivity (Wildman–Crippen MR) is 75.1 cm³/mol. The number of phenols is 1. The van der Waals surface area contributed by atoms with Crippen LogP contribution in [0.3, 0.4) is 0 Å². The maximum absolute atomic E-state index is 12.1. The molecule has 0 spiro atoms. The Balaban J connectivity index is 2.28. The van der Waals surface area contributed by atoms with E-state index in [2.05, 4.69) is 0 Å². The Morgan fingerprint density at radius 3 is 2.33 bits per heavy atom. The van der Waals surface area contributed by atoms with Crippen molar-refractivity contribution >= 4 is 11.9 Å². The van der Waals surface area contributed by atoms with E-state index >= 15 is 0 Å². The molecular weight excluding hydrogens is 272 g/mol. The van der Waals surface area contributed by atoms with Gasteiger partial charge in [-0.25, -0.2) is 9.59 Å². The van der Waals surface area contributed by atoms with Gasteiger partial charge in [-0.05, 0) is 18.6 Å². The fourth-order valence-electron chi connectivity index (χ4n) is 1.88. The molecule has 1 unspecified atom stereocenters. The quantitative estimate of drug-likeness (QED) is 0.844. The topological polar surface area (TPSA) is 83.8 Å². The number of rotatable bonds is 4. The van der Waals surface area contributed by atoms with Gasteiger partial charge in [0.15, 0.2) is 0 Å². The normalized spacial score (nSPS) is 11.7. The van der Waals surface area contributed by atoms with E-state index in [1.807, 2.05) is 0 Å². The Morgan fingerprint density at radius 2 is 1.71 bits per heavy atom. The summed E-state index contributed by atoms with van der Waals surface area (Å²) in [6.07, 6.45) is -1.42. The molecule has 0 radical (unpaired) electrons. The van der Waals surface area contributed by atoms with Gasteiger partial charge < -0.3 is 14.9 Å². The van der Waals surface area contributed by atoms with Crippen molar-refractivity contribution in [1.82, 2.24) is 0 Å². The summed E-state index contributed by atoms with van der Waals surface area (Å²) in [6.45, 7) is 1.64. The lowest BCUT2D eigenvalue weighted by atomic mass is 10.1. The summed E-state index contributed by atoms with van der Waals surface area (Å²) in [5.41, 5.74) is 0.804. The number of carbonyl (C=O) groups is 2. The highest BCUT2D eigenvalue weighted by Gasteiger charge is 2.26. The van der Waals surface area contributed by atoms with E-state index in [1.54, 1.807) is 49.4 Å². The molecule has 5 heteroatoms. The van der Waals surface area contributed by atoms with Crippen LogP contribution in [0.5, 0.6) is 5.75 Å². The van der Waals surface area contributed by atoms with Gasteiger partial charge in [0.2, 0.25) is 6.10 Å². The van der Waals surface area contributed by atoms with E-state index < -0.39 is 18.0 Å². The van der Waals surface area contributed by atoms with Gasteiger partial charge in [0.25, 0.3) is 0 Å². The molecule has 0 aliphatic rings. The summed E-state index contributed by atoms with van der Waals surface area (Å²) in [5, 5.41) is 19.0. The van der Waals surface area contributed by atoms with Gasteiger partial charge in [0.05, 0.1) is 0 Å². The van der Waals surface area contributed by atoms with E-state index in [1.165, 1.54) is 6.07 Å². The second-order valence-electron chi connectivity index (χ2n) is 4.51. The second kappa shape index (κ2) is 6.09. The lowest BCUT2D eigenvalue weighted by Crippen LogP contribution is -2.19. The monoisotopic (exact) mass is 286 g/mol. The van der Waals surface area contributed by atoms with E-state index in [0.29, 0.717) is 11.1 Å². The number of phenolic OH excluding ortho intramolecular Hbond substituents is 1. The van der Waals surface area contributed by atoms with Crippen LogP contribution in [0, 0.1) is 6.92 Å². The third-order valence-electron chi connectivity index (χ3n) is 3.01. The Kier molecular flexibility index (Phi) is 4.23. The van der Waals surface area contributed by atoms with E-state index in [-0.39, 0.29) is 11.3 Å². The predicted octanol–water partition coefficient (Wildman–Crippen LogP) is 2.68. The molecule has 0 heterocycles. The number of aryl methyl sites for hydroxylation is 1. The summed E-state index contributed by atoms with van der Waals surface area (Å²) in [6, 6.07) is 12.8. The molecule has 0 fully saturated rings.